The van der Waals surface area contributed by atoms with E-state index in [-0.39, 0.29) is 36.8 Å². The van der Waals surface area contributed by atoms with Gasteiger partial charge in [0.2, 0.25) is 5.91 Å². The molecular formula is C16H25Cl2F3N4O. The van der Waals surface area contributed by atoms with Crippen molar-refractivity contribution in [2.45, 2.75) is 37.9 Å². The van der Waals surface area contributed by atoms with Gasteiger partial charge >= 0.3 is 6.18 Å². The minimum atomic E-state index is -4.36. The zero-order chi connectivity index (χ0) is 17.6. The Hall–Kier alpha value is -1.25. The van der Waals surface area contributed by atoms with Crippen molar-refractivity contribution in [3.05, 3.63) is 23.9 Å². The fourth-order valence-electron chi connectivity index (χ4n) is 2.72. The first-order valence-electron chi connectivity index (χ1n) is 8.12. The van der Waals surface area contributed by atoms with Gasteiger partial charge < -0.3 is 15.5 Å². The van der Waals surface area contributed by atoms with Gasteiger partial charge in [0.25, 0.3) is 0 Å². The zero-order valence-electron chi connectivity index (χ0n) is 14.5. The van der Waals surface area contributed by atoms with Crippen LogP contribution in [0.3, 0.4) is 0 Å². The summed E-state index contributed by atoms with van der Waals surface area (Å²) in [5, 5.41) is 6.02. The molecule has 26 heavy (non-hydrogen) atoms. The van der Waals surface area contributed by atoms with Gasteiger partial charge in [-0.1, -0.05) is 0 Å². The molecule has 0 saturated carbocycles. The van der Waals surface area contributed by atoms with Gasteiger partial charge in [0.15, 0.2) is 0 Å². The summed E-state index contributed by atoms with van der Waals surface area (Å²) in [6.07, 6.45) is -0.666. The van der Waals surface area contributed by atoms with Gasteiger partial charge in [-0.05, 0) is 45.0 Å². The van der Waals surface area contributed by atoms with Gasteiger partial charge in [-0.25, -0.2) is 4.98 Å². The molecule has 0 atom stereocenters. The van der Waals surface area contributed by atoms with E-state index in [1.165, 1.54) is 6.07 Å². The van der Waals surface area contributed by atoms with Gasteiger partial charge in [-0.15, -0.1) is 24.8 Å². The predicted molar refractivity (Wildman–Crippen MR) is 100 cm³/mol. The number of nitrogens with zero attached hydrogens (tertiary/aromatic N) is 2. The van der Waals surface area contributed by atoms with Crippen LogP contribution in [0, 0.1) is 0 Å². The third-order valence-corrected chi connectivity index (χ3v) is 4.09. The van der Waals surface area contributed by atoms with Gasteiger partial charge in [-0.2, -0.15) is 13.2 Å². The molecule has 1 aromatic heterocycles. The summed E-state index contributed by atoms with van der Waals surface area (Å²) in [6, 6.07) is 2.58. The molecule has 2 N–H and O–H groups in total. The average molecular weight is 417 g/mol. The summed E-state index contributed by atoms with van der Waals surface area (Å²) >= 11 is 0. The van der Waals surface area contributed by atoms with Crippen molar-refractivity contribution >= 4 is 36.5 Å². The second-order valence-electron chi connectivity index (χ2n) is 5.94. The summed E-state index contributed by atoms with van der Waals surface area (Å²) in [5.41, 5.74) is -0.741. The summed E-state index contributed by atoms with van der Waals surface area (Å²) in [6.45, 7) is 2.14. The number of halogens is 5. The van der Waals surface area contributed by atoms with E-state index in [9.17, 15) is 18.0 Å². The van der Waals surface area contributed by atoms with Crippen LogP contribution in [0.1, 0.15) is 31.2 Å². The number of nitrogens with one attached hydrogen (secondary N) is 2. The molecule has 1 aliphatic rings. The predicted octanol–water partition coefficient (Wildman–Crippen LogP) is 3.03. The molecule has 0 unspecified atom stereocenters. The number of hydrogen-bond acceptors (Lipinski definition) is 4. The van der Waals surface area contributed by atoms with E-state index in [1.54, 1.807) is 0 Å². The van der Waals surface area contributed by atoms with Crippen LogP contribution in [0.15, 0.2) is 18.3 Å². The summed E-state index contributed by atoms with van der Waals surface area (Å²) in [7, 11) is 1.85. The number of amides is 1. The number of pyridine rings is 1. The Balaban J connectivity index is 0.00000312. The van der Waals surface area contributed by atoms with Gasteiger partial charge in [0.05, 0.1) is 5.56 Å². The normalized spacial score (nSPS) is 15.0. The highest BCUT2D eigenvalue weighted by Gasteiger charge is 2.31. The lowest BCUT2D eigenvalue weighted by Gasteiger charge is -2.33. The highest BCUT2D eigenvalue weighted by atomic mass is 35.5. The minimum absolute atomic E-state index is 0. The van der Waals surface area contributed by atoms with E-state index < -0.39 is 11.7 Å². The Bertz CT molecular complexity index is 535. The van der Waals surface area contributed by atoms with E-state index in [4.69, 9.17) is 0 Å². The van der Waals surface area contributed by atoms with E-state index >= 15 is 0 Å². The molecular weight excluding hydrogens is 392 g/mol. The first-order chi connectivity index (χ1) is 11.4. The van der Waals surface area contributed by atoms with Crippen LogP contribution < -0.4 is 15.5 Å². The third kappa shape index (κ3) is 7.55. The number of carbonyl (C=O) groups excluding carboxylic acids is 1. The third-order valence-electron chi connectivity index (χ3n) is 4.09. The fourth-order valence-corrected chi connectivity index (χ4v) is 2.72. The van der Waals surface area contributed by atoms with Gasteiger partial charge in [-0.3, -0.25) is 4.79 Å². The van der Waals surface area contributed by atoms with Crippen LogP contribution in [0.2, 0.25) is 0 Å². The van der Waals surface area contributed by atoms with Crippen LogP contribution >= 0.6 is 24.8 Å². The maximum Gasteiger partial charge on any atom is 0.417 e. The molecule has 0 aliphatic carbocycles. The Morgan fingerprint density at radius 2 is 1.92 bits per heavy atom. The Labute approximate surface area is 163 Å². The van der Waals surface area contributed by atoms with Gasteiger partial charge in [0, 0.05) is 31.7 Å². The molecule has 150 valence electrons. The number of hydrogen-bond donors (Lipinski definition) is 2. The van der Waals surface area contributed by atoms with E-state index in [0.29, 0.717) is 25.3 Å². The first kappa shape index (κ1) is 24.8. The fraction of sp³-hybridized carbons (Fsp3) is 0.625. The highest BCUT2D eigenvalue weighted by molar-refractivity contribution is 5.85. The number of aromatic nitrogens is 1. The summed E-state index contributed by atoms with van der Waals surface area (Å²) < 4.78 is 37.6. The summed E-state index contributed by atoms with van der Waals surface area (Å²) in [4.78, 5) is 17.7. The van der Waals surface area contributed by atoms with Crippen LogP contribution in [0.25, 0.3) is 0 Å². The molecule has 1 fully saturated rings. The van der Waals surface area contributed by atoms with Crippen molar-refractivity contribution in [3.63, 3.8) is 0 Å². The zero-order valence-corrected chi connectivity index (χ0v) is 16.1. The Morgan fingerprint density at radius 3 is 2.42 bits per heavy atom. The largest absolute Gasteiger partial charge is 0.417 e. The van der Waals surface area contributed by atoms with E-state index in [1.807, 2.05) is 11.9 Å². The van der Waals surface area contributed by atoms with Crippen LogP contribution in [-0.4, -0.2) is 43.6 Å². The number of anilines is 1. The Kier molecular flexibility index (Phi) is 10.9. The number of piperidine rings is 1. The van der Waals surface area contributed by atoms with Crippen molar-refractivity contribution in [3.8, 4) is 0 Å². The number of carbonyl (C=O) groups is 1. The minimum Gasteiger partial charge on any atom is -0.356 e. The van der Waals surface area contributed by atoms with Crippen molar-refractivity contribution in [1.82, 2.24) is 15.6 Å². The van der Waals surface area contributed by atoms with Crippen molar-refractivity contribution in [2.24, 2.45) is 0 Å². The molecule has 1 aromatic rings. The first-order valence-corrected chi connectivity index (χ1v) is 8.12. The summed E-state index contributed by atoms with van der Waals surface area (Å²) in [5.74, 6) is 0.596. The van der Waals surface area contributed by atoms with Gasteiger partial charge in [0.1, 0.15) is 5.82 Å². The molecule has 0 aromatic carbocycles. The SMILES string of the molecule is CNCCCC(=O)NC1CCN(c2ccc(C(F)(F)F)cn2)CC1.Cl.Cl. The average Bonchev–Trinajstić information content (AvgIpc) is 2.55. The van der Waals surface area contributed by atoms with Crippen LogP contribution in [0.4, 0.5) is 19.0 Å². The number of alkyl halides is 3. The Morgan fingerprint density at radius 1 is 1.27 bits per heavy atom. The van der Waals surface area contributed by atoms with Crippen molar-refractivity contribution < 1.29 is 18.0 Å². The molecule has 1 aliphatic heterocycles. The molecule has 10 heteroatoms. The molecule has 0 spiro atoms. The molecule has 0 radical (unpaired) electrons. The molecule has 0 bridgehead atoms. The van der Waals surface area contributed by atoms with E-state index in [2.05, 4.69) is 15.6 Å². The molecule has 1 saturated heterocycles. The lowest BCUT2D eigenvalue weighted by molar-refractivity contribution is -0.137. The standard InChI is InChI=1S/C16H23F3N4O.2ClH/c1-20-8-2-3-15(24)22-13-6-9-23(10-7-13)14-5-4-12(11-21-14)16(17,18)19;;/h4-5,11,13,20H,2-3,6-10H2,1H3,(H,22,24);2*1H. The molecule has 1 amide bonds. The molecule has 5 nitrogen and oxygen atoms in total. The maximum atomic E-state index is 12.5. The number of rotatable bonds is 6. The second kappa shape index (κ2) is 11.5. The van der Waals surface area contributed by atoms with E-state index in [0.717, 1.165) is 38.1 Å². The molecule has 2 rings (SSSR count). The van der Waals surface area contributed by atoms with Crippen LogP contribution in [-0.2, 0) is 11.0 Å². The maximum absolute atomic E-state index is 12.5. The monoisotopic (exact) mass is 416 g/mol. The molecule has 2 heterocycles. The quantitative estimate of drug-likeness (QED) is 0.699. The second-order valence-corrected chi connectivity index (χ2v) is 5.94. The topological polar surface area (TPSA) is 57.3 Å². The van der Waals surface area contributed by atoms with Crippen molar-refractivity contribution in [1.29, 1.82) is 0 Å². The lowest BCUT2D eigenvalue weighted by Crippen LogP contribution is -2.45. The smallest absolute Gasteiger partial charge is 0.356 e. The lowest BCUT2D eigenvalue weighted by atomic mass is 10.0. The van der Waals surface area contributed by atoms with Crippen molar-refractivity contribution in [2.75, 3.05) is 31.6 Å². The van der Waals surface area contributed by atoms with Crippen LogP contribution in [0.5, 0.6) is 0 Å². The highest BCUT2D eigenvalue weighted by Crippen LogP contribution is 2.29.